The van der Waals surface area contributed by atoms with Crippen LogP contribution in [0.3, 0.4) is 0 Å². The first kappa shape index (κ1) is 9.36. The lowest BCUT2D eigenvalue weighted by Gasteiger charge is -2.12. The molecule has 1 rings (SSSR count). The minimum atomic E-state index is -0.237. The smallest absolute Gasteiger partial charge is 0.0914 e. The van der Waals surface area contributed by atoms with Crippen LogP contribution in [0.1, 0.15) is 13.8 Å². The maximum absolute atomic E-state index is 9.36. The maximum Gasteiger partial charge on any atom is 0.0914 e. The van der Waals surface area contributed by atoms with Crippen LogP contribution in [0.2, 0.25) is 0 Å². The summed E-state index contributed by atoms with van der Waals surface area (Å²) >= 11 is 1.83. The Morgan fingerprint density at radius 2 is 2.27 bits per heavy atom. The highest BCUT2D eigenvalue weighted by Gasteiger charge is 2.26. The van der Waals surface area contributed by atoms with Crippen molar-refractivity contribution in [3.05, 3.63) is 0 Å². The van der Waals surface area contributed by atoms with E-state index in [-0.39, 0.29) is 6.10 Å². The second kappa shape index (κ2) is 4.33. The monoisotopic (exact) mass is 176 g/mol. The van der Waals surface area contributed by atoms with Crippen molar-refractivity contribution in [2.45, 2.75) is 25.2 Å². The molecule has 3 heteroatoms. The van der Waals surface area contributed by atoms with Crippen molar-refractivity contribution < 1.29 is 9.84 Å². The minimum Gasteiger partial charge on any atom is -0.389 e. The predicted molar refractivity (Wildman–Crippen MR) is 47.9 cm³/mol. The summed E-state index contributed by atoms with van der Waals surface area (Å²) in [6, 6.07) is 0. The lowest BCUT2D eigenvalue weighted by molar-refractivity contribution is 0.127. The zero-order valence-electron chi connectivity index (χ0n) is 7.12. The molecule has 1 aliphatic heterocycles. The number of thioether (sulfide) groups is 1. The lowest BCUT2D eigenvalue weighted by atomic mass is 10.3. The molecule has 2 atom stereocenters. The van der Waals surface area contributed by atoms with Crippen LogP contribution >= 0.6 is 11.8 Å². The first-order chi connectivity index (χ1) is 5.20. The van der Waals surface area contributed by atoms with E-state index < -0.39 is 0 Å². The molecule has 0 spiro atoms. The van der Waals surface area contributed by atoms with Gasteiger partial charge in [-0.2, -0.15) is 11.8 Å². The zero-order chi connectivity index (χ0) is 8.27. The molecule has 2 nitrogen and oxygen atoms in total. The average molecular weight is 176 g/mol. The van der Waals surface area contributed by atoms with Gasteiger partial charge in [0.1, 0.15) is 0 Å². The van der Waals surface area contributed by atoms with E-state index in [2.05, 4.69) is 13.8 Å². The third-order valence-corrected chi connectivity index (χ3v) is 3.38. The Bertz CT molecular complexity index is 117. The number of hydrogen-bond donors (Lipinski definition) is 1. The Kier molecular flexibility index (Phi) is 3.69. The summed E-state index contributed by atoms with van der Waals surface area (Å²) < 4.78 is 5.13. The van der Waals surface area contributed by atoms with E-state index in [1.165, 1.54) is 0 Å². The third-order valence-electron chi connectivity index (χ3n) is 1.64. The average Bonchev–Trinajstić information content (AvgIpc) is 2.31. The summed E-state index contributed by atoms with van der Waals surface area (Å²) in [5.74, 6) is 1.82. The van der Waals surface area contributed by atoms with Gasteiger partial charge in [0.15, 0.2) is 0 Å². The first-order valence-electron chi connectivity index (χ1n) is 4.07. The van der Waals surface area contributed by atoms with Gasteiger partial charge < -0.3 is 9.84 Å². The van der Waals surface area contributed by atoms with Gasteiger partial charge in [0.2, 0.25) is 0 Å². The van der Waals surface area contributed by atoms with Crippen molar-refractivity contribution in [1.82, 2.24) is 0 Å². The van der Waals surface area contributed by atoms with Gasteiger partial charge in [-0.25, -0.2) is 0 Å². The quantitative estimate of drug-likeness (QED) is 0.699. The molecule has 1 saturated heterocycles. The predicted octanol–water partition coefficient (Wildman–Crippen LogP) is 1.14. The molecule has 0 radical (unpaired) electrons. The Balaban J connectivity index is 2.15. The summed E-state index contributed by atoms with van der Waals surface area (Å²) in [5, 5.41) is 9.67. The molecule has 1 fully saturated rings. The second-order valence-corrected chi connectivity index (χ2v) is 4.64. The number of ether oxygens (including phenoxy) is 1. The molecule has 0 aromatic rings. The molecule has 1 aliphatic rings. The van der Waals surface area contributed by atoms with Crippen molar-refractivity contribution >= 4 is 11.8 Å². The summed E-state index contributed by atoms with van der Waals surface area (Å²) in [7, 11) is 0. The van der Waals surface area contributed by atoms with Gasteiger partial charge in [-0.1, -0.05) is 13.8 Å². The van der Waals surface area contributed by atoms with Gasteiger partial charge in [0.05, 0.1) is 24.6 Å². The van der Waals surface area contributed by atoms with Gasteiger partial charge in [-0.05, 0) is 11.7 Å². The fourth-order valence-electron chi connectivity index (χ4n) is 0.999. The van der Waals surface area contributed by atoms with Gasteiger partial charge in [-0.3, -0.25) is 0 Å². The highest BCUT2D eigenvalue weighted by molar-refractivity contribution is 8.00. The van der Waals surface area contributed by atoms with E-state index in [1.54, 1.807) is 0 Å². The Morgan fingerprint density at radius 3 is 2.73 bits per heavy atom. The van der Waals surface area contributed by atoms with Gasteiger partial charge in [-0.15, -0.1) is 0 Å². The molecule has 11 heavy (non-hydrogen) atoms. The van der Waals surface area contributed by atoms with Crippen LogP contribution in [0.5, 0.6) is 0 Å². The number of hydrogen-bond acceptors (Lipinski definition) is 3. The molecule has 0 saturated carbocycles. The van der Waals surface area contributed by atoms with E-state index in [4.69, 9.17) is 4.74 Å². The van der Waals surface area contributed by atoms with Crippen LogP contribution in [0.15, 0.2) is 0 Å². The largest absolute Gasteiger partial charge is 0.389 e. The van der Waals surface area contributed by atoms with Gasteiger partial charge >= 0.3 is 0 Å². The highest BCUT2D eigenvalue weighted by Crippen LogP contribution is 2.22. The molecule has 0 bridgehead atoms. The summed E-state index contributed by atoms with van der Waals surface area (Å²) in [6.45, 7) is 5.62. The molecule has 0 amide bonds. The molecule has 2 unspecified atom stereocenters. The number of rotatable bonds is 3. The normalized spacial score (nSPS) is 31.6. The molecule has 0 aromatic heterocycles. The van der Waals surface area contributed by atoms with Crippen LogP contribution < -0.4 is 0 Å². The Hall–Kier alpha value is 0.270. The minimum absolute atomic E-state index is 0.237. The van der Waals surface area contributed by atoms with Crippen LogP contribution in [0.25, 0.3) is 0 Å². The van der Waals surface area contributed by atoms with Crippen molar-refractivity contribution in [3.63, 3.8) is 0 Å². The van der Waals surface area contributed by atoms with E-state index in [9.17, 15) is 5.11 Å². The molecular weight excluding hydrogens is 160 g/mol. The SMILES string of the molecule is CC(C)CSC1COCC1O. The molecule has 1 N–H and O–H groups in total. The molecule has 1 heterocycles. The molecule has 0 aromatic carbocycles. The van der Waals surface area contributed by atoms with Crippen molar-refractivity contribution in [2.24, 2.45) is 5.92 Å². The van der Waals surface area contributed by atoms with Crippen LogP contribution in [-0.2, 0) is 4.74 Å². The standard InChI is InChI=1S/C8H16O2S/c1-6(2)5-11-8-4-10-3-7(8)9/h6-9H,3-5H2,1-2H3. The molecular formula is C8H16O2S. The fraction of sp³-hybridized carbons (Fsp3) is 1.00. The highest BCUT2D eigenvalue weighted by atomic mass is 32.2. The number of aliphatic hydroxyl groups excluding tert-OH is 1. The maximum atomic E-state index is 9.36. The summed E-state index contributed by atoms with van der Waals surface area (Å²) in [6.07, 6.45) is -0.237. The molecule has 0 aliphatic carbocycles. The van der Waals surface area contributed by atoms with E-state index in [0.29, 0.717) is 17.8 Å². The Labute approximate surface area is 72.3 Å². The fourth-order valence-corrected chi connectivity index (χ4v) is 2.12. The second-order valence-electron chi connectivity index (χ2n) is 3.37. The zero-order valence-corrected chi connectivity index (χ0v) is 7.93. The van der Waals surface area contributed by atoms with Crippen molar-refractivity contribution in [3.8, 4) is 0 Å². The summed E-state index contributed by atoms with van der Waals surface area (Å²) in [4.78, 5) is 0. The van der Waals surface area contributed by atoms with Crippen molar-refractivity contribution in [1.29, 1.82) is 0 Å². The third kappa shape index (κ3) is 3.01. The molecule has 66 valence electrons. The lowest BCUT2D eigenvalue weighted by Crippen LogP contribution is -2.21. The Morgan fingerprint density at radius 1 is 1.55 bits per heavy atom. The van der Waals surface area contributed by atoms with Crippen LogP contribution in [-0.4, -0.2) is 35.4 Å². The first-order valence-corrected chi connectivity index (χ1v) is 5.12. The number of aliphatic hydroxyl groups is 1. The van der Waals surface area contributed by atoms with E-state index in [0.717, 1.165) is 12.4 Å². The van der Waals surface area contributed by atoms with Gasteiger partial charge in [0.25, 0.3) is 0 Å². The van der Waals surface area contributed by atoms with E-state index in [1.807, 2.05) is 11.8 Å². The summed E-state index contributed by atoms with van der Waals surface area (Å²) in [5.41, 5.74) is 0. The van der Waals surface area contributed by atoms with Crippen LogP contribution in [0, 0.1) is 5.92 Å². The van der Waals surface area contributed by atoms with Crippen LogP contribution in [0.4, 0.5) is 0 Å². The topological polar surface area (TPSA) is 29.5 Å². The van der Waals surface area contributed by atoms with Gasteiger partial charge in [0, 0.05) is 0 Å². The van der Waals surface area contributed by atoms with E-state index >= 15 is 0 Å². The van der Waals surface area contributed by atoms with Crippen molar-refractivity contribution in [2.75, 3.05) is 19.0 Å².